The van der Waals surface area contributed by atoms with Gasteiger partial charge in [-0.3, -0.25) is 14.4 Å². The summed E-state index contributed by atoms with van der Waals surface area (Å²) >= 11 is 0. The first-order chi connectivity index (χ1) is 18.6. The van der Waals surface area contributed by atoms with Gasteiger partial charge in [0.15, 0.2) is 0 Å². The molecule has 4 amide bonds. The number of para-hydroxylation sites is 1. The molecule has 10 nitrogen and oxygen atoms in total. The van der Waals surface area contributed by atoms with Crippen LogP contribution in [0.5, 0.6) is 0 Å². The maximum atomic E-state index is 14.1. The molecule has 2 aromatic rings. The van der Waals surface area contributed by atoms with Crippen LogP contribution in [0.4, 0.5) is 10.5 Å². The quantitative estimate of drug-likeness (QED) is 0.333. The zero-order valence-corrected chi connectivity index (χ0v) is 24.5. The normalized spacial score (nSPS) is 12.7. The number of benzene rings is 2. The van der Waals surface area contributed by atoms with Gasteiger partial charge in [-0.25, -0.2) is 4.79 Å². The number of amides is 4. The lowest BCUT2D eigenvalue weighted by atomic mass is 9.95. The molecule has 0 saturated carbocycles. The minimum absolute atomic E-state index is 0.118. The number of aliphatic hydroxyl groups is 1. The molecule has 0 aromatic heterocycles. The average Bonchev–Trinajstić information content (AvgIpc) is 2.84. The smallest absolute Gasteiger partial charge is 0.408 e. The van der Waals surface area contributed by atoms with Gasteiger partial charge in [0.25, 0.3) is 5.91 Å². The molecule has 2 rings (SSSR count). The van der Waals surface area contributed by atoms with Crippen molar-refractivity contribution in [3.8, 4) is 0 Å². The second-order valence-corrected chi connectivity index (χ2v) is 11.0. The van der Waals surface area contributed by atoms with Gasteiger partial charge in [0.05, 0.1) is 6.61 Å². The Labute approximate surface area is 236 Å². The number of alkyl carbamates (subject to hydrolysis) is 1. The topological polar surface area (TPSA) is 151 Å². The molecule has 0 aliphatic heterocycles. The fourth-order valence-electron chi connectivity index (χ4n) is 4.38. The third-order valence-corrected chi connectivity index (χ3v) is 6.31. The van der Waals surface area contributed by atoms with Crippen molar-refractivity contribution in [1.82, 2.24) is 10.2 Å². The van der Waals surface area contributed by atoms with Crippen LogP contribution in [0.3, 0.4) is 0 Å². The Kier molecular flexibility index (Phi) is 11.2. The Morgan fingerprint density at radius 2 is 1.62 bits per heavy atom. The van der Waals surface area contributed by atoms with Gasteiger partial charge in [-0.1, -0.05) is 42.0 Å². The van der Waals surface area contributed by atoms with Crippen LogP contribution < -0.4 is 16.4 Å². The van der Waals surface area contributed by atoms with Crippen LogP contribution >= 0.6 is 0 Å². The highest BCUT2D eigenvalue weighted by Gasteiger charge is 2.37. The van der Waals surface area contributed by atoms with Gasteiger partial charge >= 0.3 is 6.09 Å². The maximum Gasteiger partial charge on any atom is 0.408 e. The molecule has 10 heteroatoms. The summed E-state index contributed by atoms with van der Waals surface area (Å²) in [7, 11) is 0. The number of nitrogens with one attached hydrogen (secondary N) is 2. The Morgan fingerprint density at radius 1 is 1.00 bits per heavy atom. The first kappa shape index (κ1) is 32.3. The molecule has 0 aliphatic carbocycles. The Hall–Kier alpha value is -3.92. The molecule has 0 aliphatic rings. The lowest BCUT2D eigenvalue weighted by molar-refractivity contribution is -0.141. The van der Waals surface area contributed by atoms with Crippen LogP contribution in [0.1, 0.15) is 67.5 Å². The number of ether oxygens (including phenoxy) is 1. The Bertz CT molecular complexity index is 1220. The van der Waals surface area contributed by atoms with E-state index < -0.39 is 48.1 Å². The lowest BCUT2D eigenvalue weighted by Crippen LogP contribution is -2.53. The number of carbonyl (C=O) groups excluding carboxylic acids is 4. The molecule has 0 heterocycles. The molecule has 40 heavy (non-hydrogen) atoms. The van der Waals surface area contributed by atoms with Crippen molar-refractivity contribution in [2.45, 2.75) is 79.0 Å². The van der Waals surface area contributed by atoms with Crippen molar-refractivity contribution in [3.63, 3.8) is 0 Å². The minimum Gasteiger partial charge on any atom is -0.444 e. The van der Waals surface area contributed by atoms with E-state index in [2.05, 4.69) is 10.6 Å². The molecule has 0 bridgehead atoms. The van der Waals surface area contributed by atoms with Crippen molar-refractivity contribution in [3.05, 3.63) is 64.2 Å². The first-order valence-electron chi connectivity index (χ1n) is 13.3. The molecule has 218 valence electrons. The summed E-state index contributed by atoms with van der Waals surface area (Å²) in [6.07, 6.45) is -1.17. The van der Waals surface area contributed by atoms with E-state index in [0.717, 1.165) is 22.3 Å². The fourth-order valence-corrected chi connectivity index (χ4v) is 4.38. The zero-order chi connectivity index (χ0) is 30.2. The van der Waals surface area contributed by atoms with Gasteiger partial charge in [0.1, 0.15) is 17.7 Å². The molecule has 0 spiro atoms. The summed E-state index contributed by atoms with van der Waals surface area (Å²) in [6, 6.07) is 8.81. The van der Waals surface area contributed by atoms with Crippen LogP contribution in [-0.2, 0) is 19.1 Å². The number of nitrogens with two attached hydrogens (primary N) is 1. The number of nitrogens with zero attached hydrogens (tertiary/aromatic N) is 1. The third kappa shape index (κ3) is 9.08. The summed E-state index contributed by atoms with van der Waals surface area (Å²) < 4.78 is 5.33. The summed E-state index contributed by atoms with van der Waals surface area (Å²) in [4.78, 5) is 53.6. The van der Waals surface area contributed by atoms with E-state index >= 15 is 0 Å². The molecule has 5 N–H and O–H groups in total. The molecular weight excluding hydrogens is 512 g/mol. The van der Waals surface area contributed by atoms with E-state index in [0.29, 0.717) is 11.3 Å². The SMILES string of the molecule is Cc1ccc(C)c(C(C(=O)Nc2c(C)cccc2C)N(CCO)C(=O)C(CCC(N)=O)NC(=O)OC(C)(C)C)c1. The summed E-state index contributed by atoms with van der Waals surface area (Å²) in [6.45, 7) is 11.8. The van der Waals surface area contributed by atoms with Crippen LogP contribution in [0.2, 0.25) is 0 Å². The minimum atomic E-state index is -1.24. The number of aryl methyl sites for hydroxylation is 4. The molecule has 2 unspecified atom stereocenters. The molecule has 2 atom stereocenters. The van der Waals surface area contributed by atoms with Crippen LogP contribution in [0.25, 0.3) is 0 Å². The number of carbonyl (C=O) groups is 4. The van der Waals surface area contributed by atoms with E-state index in [1.807, 2.05) is 64.1 Å². The molecule has 0 fully saturated rings. The van der Waals surface area contributed by atoms with Gasteiger partial charge in [-0.05, 0) is 77.1 Å². The number of rotatable bonds is 11. The third-order valence-electron chi connectivity index (χ3n) is 6.31. The number of hydrogen-bond donors (Lipinski definition) is 4. The lowest BCUT2D eigenvalue weighted by Gasteiger charge is -2.35. The molecular formula is C30H42N4O6. The van der Waals surface area contributed by atoms with Gasteiger partial charge in [0.2, 0.25) is 11.8 Å². The van der Waals surface area contributed by atoms with Crippen molar-refractivity contribution >= 4 is 29.5 Å². The van der Waals surface area contributed by atoms with Crippen molar-refractivity contribution < 1.29 is 29.0 Å². The van der Waals surface area contributed by atoms with Crippen molar-refractivity contribution in [2.75, 3.05) is 18.5 Å². The number of primary amides is 1. The zero-order valence-electron chi connectivity index (χ0n) is 24.5. The van der Waals surface area contributed by atoms with Gasteiger partial charge in [0, 0.05) is 18.7 Å². The second-order valence-electron chi connectivity index (χ2n) is 11.0. The number of hydrogen-bond acceptors (Lipinski definition) is 6. The summed E-state index contributed by atoms with van der Waals surface area (Å²) in [5.41, 5.74) is 9.03. The number of anilines is 1. The van der Waals surface area contributed by atoms with E-state index in [9.17, 15) is 24.3 Å². The molecule has 2 aromatic carbocycles. The predicted molar refractivity (Wildman–Crippen MR) is 154 cm³/mol. The highest BCUT2D eigenvalue weighted by Crippen LogP contribution is 2.29. The Balaban J connectivity index is 2.61. The monoisotopic (exact) mass is 554 g/mol. The number of aliphatic hydroxyl groups excluding tert-OH is 1. The van der Waals surface area contributed by atoms with E-state index in [-0.39, 0.29) is 19.4 Å². The average molecular weight is 555 g/mol. The Morgan fingerprint density at radius 3 is 2.17 bits per heavy atom. The largest absolute Gasteiger partial charge is 0.444 e. The maximum absolute atomic E-state index is 14.1. The van der Waals surface area contributed by atoms with E-state index in [1.54, 1.807) is 20.8 Å². The predicted octanol–water partition coefficient (Wildman–Crippen LogP) is 3.58. The first-order valence-corrected chi connectivity index (χ1v) is 13.3. The van der Waals surface area contributed by atoms with Crippen LogP contribution in [0, 0.1) is 27.7 Å². The van der Waals surface area contributed by atoms with Gasteiger partial charge < -0.3 is 31.1 Å². The molecule has 0 saturated heterocycles. The van der Waals surface area contributed by atoms with Crippen molar-refractivity contribution in [1.29, 1.82) is 0 Å². The summed E-state index contributed by atoms with van der Waals surface area (Å²) in [5.74, 6) is -1.81. The van der Waals surface area contributed by atoms with Crippen LogP contribution in [-0.4, -0.2) is 58.6 Å². The van der Waals surface area contributed by atoms with Crippen molar-refractivity contribution in [2.24, 2.45) is 5.73 Å². The standard InChI is InChI=1S/C30H42N4O6/c1-18-11-12-19(2)22(17-18)26(27(37)33-25-20(3)9-8-10-21(25)4)34(15-16-35)28(38)23(13-14-24(31)36)32-29(39)40-30(5,6)7/h8-12,17,23,26,35H,13-16H2,1-7H3,(H2,31,36)(H,32,39)(H,33,37). The van der Waals surface area contributed by atoms with E-state index in [1.165, 1.54) is 4.90 Å². The van der Waals surface area contributed by atoms with E-state index in [4.69, 9.17) is 10.5 Å². The molecule has 0 radical (unpaired) electrons. The fraction of sp³-hybridized carbons (Fsp3) is 0.467. The highest BCUT2D eigenvalue weighted by atomic mass is 16.6. The highest BCUT2D eigenvalue weighted by molar-refractivity contribution is 6.00. The van der Waals surface area contributed by atoms with Crippen LogP contribution in [0.15, 0.2) is 36.4 Å². The van der Waals surface area contributed by atoms with Gasteiger partial charge in [-0.15, -0.1) is 0 Å². The van der Waals surface area contributed by atoms with Gasteiger partial charge in [-0.2, -0.15) is 0 Å². The second kappa shape index (κ2) is 13.9. The summed E-state index contributed by atoms with van der Waals surface area (Å²) in [5, 5.41) is 15.5.